The molecule has 2 atom stereocenters. The van der Waals surface area contributed by atoms with Crippen LogP contribution < -0.4 is 0 Å². The van der Waals surface area contributed by atoms with Crippen molar-refractivity contribution in [1.82, 2.24) is 0 Å². The molecule has 0 spiro atoms. The number of carbonyl (C=O) groups is 2. The molecule has 2 rings (SSSR count). The van der Waals surface area contributed by atoms with Gasteiger partial charge in [-0.2, -0.15) is 0 Å². The molecule has 1 aliphatic carbocycles. The molecule has 1 aromatic rings. The van der Waals surface area contributed by atoms with Crippen LogP contribution in [-0.2, 0) is 39.3 Å². The Morgan fingerprint density at radius 2 is 1.55 bits per heavy atom. The van der Waals surface area contributed by atoms with Crippen LogP contribution in [0, 0.1) is 0 Å². The Morgan fingerprint density at radius 3 is 1.97 bits per heavy atom. The molecular weight excluding hydrogens is 439 g/mol. The molecule has 29 heavy (non-hydrogen) atoms. The third-order valence-corrected chi connectivity index (χ3v) is 8.53. The Bertz CT molecular complexity index is 1120. The van der Waals surface area contributed by atoms with Gasteiger partial charge in [0.25, 0.3) is 0 Å². The Labute approximate surface area is 184 Å². The minimum atomic E-state index is -5.21. The van der Waals surface area contributed by atoms with Gasteiger partial charge in [-0.25, -0.2) is 0 Å². The first kappa shape index (κ1) is 23.7. The number of allylic oxidation sites excluding steroid dienone is 1. The molecule has 0 aliphatic heterocycles. The predicted octanol–water partition coefficient (Wildman–Crippen LogP) is 0.371. The summed E-state index contributed by atoms with van der Waals surface area (Å²) in [6.45, 7) is 0. The van der Waals surface area contributed by atoms with E-state index < -0.39 is 84.1 Å². The second-order valence-corrected chi connectivity index (χ2v) is 10.6. The van der Waals surface area contributed by atoms with Gasteiger partial charge in [-0.15, -0.1) is 0 Å². The molecular formula is C16H15NaO10S2. The molecule has 1 aliphatic rings. The van der Waals surface area contributed by atoms with Crippen molar-refractivity contribution in [1.29, 1.82) is 0 Å². The summed E-state index contributed by atoms with van der Waals surface area (Å²) in [6, 6.07) is 7.41. The number of methoxy groups -OCH3 is 2. The van der Waals surface area contributed by atoms with E-state index in [1.807, 2.05) is 0 Å². The summed E-state index contributed by atoms with van der Waals surface area (Å²) >= 11 is -0.432. The van der Waals surface area contributed by atoms with E-state index in [2.05, 4.69) is 4.74 Å². The fourth-order valence-corrected chi connectivity index (χ4v) is 7.64. The van der Waals surface area contributed by atoms with Crippen LogP contribution in [-0.4, -0.2) is 80.0 Å². The third kappa shape index (κ3) is 4.33. The zero-order valence-electron chi connectivity index (χ0n) is 15.5. The average Bonchev–Trinajstić information content (AvgIpc) is 2.64. The molecule has 0 radical (unpaired) electrons. The molecule has 0 saturated heterocycles. The number of ether oxygens (including phenoxy) is 2. The van der Waals surface area contributed by atoms with Crippen molar-refractivity contribution in [3.8, 4) is 0 Å². The van der Waals surface area contributed by atoms with Crippen molar-refractivity contribution in [3.05, 3.63) is 57.4 Å². The minimum absolute atomic E-state index is 0.141. The van der Waals surface area contributed by atoms with Gasteiger partial charge < -0.3 is 0 Å². The first-order chi connectivity index (χ1) is 13.3. The molecule has 1 aromatic carbocycles. The van der Waals surface area contributed by atoms with Crippen molar-refractivity contribution in [3.63, 3.8) is 0 Å². The molecule has 0 fully saturated rings. The molecule has 0 heterocycles. The van der Waals surface area contributed by atoms with E-state index in [0.29, 0.717) is 6.08 Å². The molecule has 2 N–H and O–H groups in total. The summed E-state index contributed by atoms with van der Waals surface area (Å²) in [5.74, 6) is -4.11. The summed E-state index contributed by atoms with van der Waals surface area (Å²) in [5.41, 5.74) is -0.753. The number of hydrogen-bond donors (Lipinski definition) is 2. The number of esters is 2. The molecule has 0 aromatic heterocycles. The maximum atomic E-state index is 12.8. The zero-order chi connectivity index (χ0) is 22.2. The van der Waals surface area contributed by atoms with Crippen molar-refractivity contribution < 1.29 is 45.0 Å². The fourth-order valence-electron chi connectivity index (χ4n) is 3.44. The molecule has 13 heteroatoms. The van der Waals surface area contributed by atoms with E-state index in [-0.39, 0.29) is 5.56 Å². The standard InChI is InChI=1S/C16H15O10S2.Na/c1-25-15(17)10-8-11(27(19,20)21)12(9-6-4-3-5-7-9)13(16(18)26-2)14(10)28(22,23)24;/h3-8,12H,1-2H3,(H,19,20,21)(H,22,23,24);. The van der Waals surface area contributed by atoms with Gasteiger partial charge in [0.05, 0.1) is 0 Å². The summed E-state index contributed by atoms with van der Waals surface area (Å²) in [6.07, 6.45) is 0.584. The van der Waals surface area contributed by atoms with Crippen LogP contribution in [0.3, 0.4) is 0 Å². The second-order valence-electron chi connectivity index (χ2n) is 6.27. The van der Waals surface area contributed by atoms with Crippen molar-refractivity contribution >= 4 is 60.1 Å². The SMILES string of the molecule is COC(=O)C1=C(S(=O)(=O)O)[C]([Na])(C(=O)OC)C(c2ccccc2)C(S(=O)(=O)O)=C1. The summed E-state index contributed by atoms with van der Waals surface area (Å²) in [4.78, 5) is 23.2. The quantitative estimate of drug-likeness (QED) is 0.361. The van der Waals surface area contributed by atoms with Gasteiger partial charge in [0.1, 0.15) is 0 Å². The third-order valence-electron chi connectivity index (χ3n) is 4.57. The first-order valence-electron chi connectivity index (χ1n) is 7.93. The van der Waals surface area contributed by atoms with Crippen LogP contribution in [0.2, 0.25) is 2.66 Å². The molecule has 10 nitrogen and oxygen atoms in total. The van der Waals surface area contributed by atoms with Crippen LogP contribution in [0.1, 0.15) is 11.5 Å². The predicted molar refractivity (Wildman–Crippen MR) is 99.9 cm³/mol. The Kier molecular flexibility index (Phi) is 6.79. The normalized spacial score (nSPS) is 22.7. The first-order valence-corrected chi connectivity index (χ1v) is 11.8. The van der Waals surface area contributed by atoms with E-state index in [0.717, 1.165) is 14.2 Å². The Balaban J connectivity index is 3.13. The molecule has 0 saturated carbocycles. The van der Waals surface area contributed by atoms with Gasteiger partial charge in [0.2, 0.25) is 0 Å². The van der Waals surface area contributed by atoms with Gasteiger partial charge in [-0.05, 0) is 0 Å². The zero-order valence-corrected chi connectivity index (χ0v) is 19.2. The molecule has 2 unspecified atom stereocenters. The van der Waals surface area contributed by atoms with E-state index in [9.17, 15) is 35.5 Å². The van der Waals surface area contributed by atoms with Crippen LogP contribution in [0.15, 0.2) is 51.8 Å². The van der Waals surface area contributed by atoms with Crippen LogP contribution >= 0.6 is 0 Å². The van der Waals surface area contributed by atoms with E-state index in [4.69, 9.17) is 4.74 Å². The molecule has 0 amide bonds. The van der Waals surface area contributed by atoms with Crippen molar-refractivity contribution in [2.45, 2.75) is 8.58 Å². The average molecular weight is 454 g/mol. The fraction of sp³-hybridized carbons (Fsp3) is 0.250. The maximum absolute atomic E-state index is 12.8. The molecule has 152 valence electrons. The van der Waals surface area contributed by atoms with Crippen LogP contribution in [0.5, 0.6) is 0 Å². The van der Waals surface area contributed by atoms with Gasteiger partial charge in [0.15, 0.2) is 0 Å². The summed E-state index contributed by atoms with van der Waals surface area (Å²) < 4.78 is 75.4. The number of benzene rings is 1. The monoisotopic (exact) mass is 454 g/mol. The summed E-state index contributed by atoms with van der Waals surface area (Å²) in [7, 11) is -8.40. The van der Waals surface area contributed by atoms with E-state index in [1.165, 1.54) is 24.3 Å². The van der Waals surface area contributed by atoms with Gasteiger partial charge >= 0.3 is 185 Å². The van der Waals surface area contributed by atoms with E-state index >= 15 is 0 Å². The Morgan fingerprint density at radius 1 is 1.00 bits per heavy atom. The summed E-state index contributed by atoms with van der Waals surface area (Å²) in [5, 5.41) is 0. The van der Waals surface area contributed by atoms with Crippen molar-refractivity contribution in [2.24, 2.45) is 0 Å². The number of carbonyl (C=O) groups excluding carboxylic acids is 2. The topological polar surface area (TPSA) is 161 Å². The Hall–Kier alpha value is -1.54. The van der Waals surface area contributed by atoms with Crippen molar-refractivity contribution in [2.75, 3.05) is 14.2 Å². The van der Waals surface area contributed by atoms with Gasteiger partial charge in [-0.3, -0.25) is 0 Å². The second kappa shape index (κ2) is 8.30. The molecule has 0 bridgehead atoms. The van der Waals surface area contributed by atoms with Gasteiger partial charge in [0, 0.05) is 0 Å². The number of hydrogen-bond acceptors (Lipinski definition) is 8. The van der Waals surface area contributed by atoms with Crippen LogP contribution in [0.25, 0.3) is 0 Å². The van der Waals surface area contributed by atoms with Gasteiger partial charge in [-0.1, -0.05) is 0 Å². The van der Waals surface area contributed by atoms with Crippen LogP contribution in [0.4, 0.5) is 0 Å². The van der Waals surface area contributed by atoms with E-state index in [1.54, 1.807) is 6.07 Å². The number of rotatable bonds is 5.